The van der Waals surface area contributed by atoms with E-state index >= 15 is 0 Å². The van der Waals surface area contributed by atoms with Crippen LogP contribution in [0.15, 0.2) is 29.2 Å². The number of esters is 1. The molecule has 3 rings (SSSR count). The number of carbonyl (C=O) groups excluding carboxylic acids is 4. The molecule has 1 aromatic rings. The highest BCUT2D eigenvalue weighted by atomic mass is 32.2. The van der Waals surface area contributed by atoms with E-state index in [4.69, 9.17) is 14.2 Å². The Morgan fingerprint density at radius 3 is 2.87 bits per heavy atom. The number of hydrogen-bond donors (Lipinski definition) is 1. The molecule has 9 nitrogen and oxygen atoms in total. The van der Waals surface area contributed by atoms with Crippen LogP contribution in [0.2, 0.25) is 0 Å². The van der Waals surface area contributed by atoms with Crippen molar-refractivity contribution in [3.8, 4) is 5.75 Å². The number of imide groups is 1. The predicted octanol–water partition coefficient (Wildman–Crippen LogP) is 1.96. The van der Waals surface area contributed by atoms with Crippen molar-refractivity contribution in [2.45, 2.75) is 25.9 Å². The molecule has 1 aromatic carbocycles. The van der Waals surface area contributed by atoms with Gasteiger partial charge in [0, 0.05) is 18.7 Å². The Morgan fingerprint density at radius 2 is 2.13 bits per heavy atom. The lowest BCUT2D eigenvalue weighted by Gasteiger charge is -2.14. The molecule has 1 N–H and O–H groups in total. The maximum absolute atomic E-state index is 12.7. The van der Waals surface area contributed by atoms with Crippen LogP contribution in [0.3, 0.4) is 0 Å². The number of ether oxygens (including phenoxy) is 3. The van der Waals surface area contributed by atoms with Gasteiger partial charge < -0.3 is 19.5 Å². The van der Waals surface area contributed by atoms with Crippen molar-refractivity contribution in [3.63, 3.8) is 0 Å². The van der Waals surface area contributed by atoms with Crippen LogP contribution in [-0.2, 0) is 23.9 Å². The van der Waals surface area contributed by atoms with Crippen LogP contribution in [0.5, 0.6) is 5.75 Å². The largest absolute Gasteiger partial charge is 0.481 e. The smallest absolute Gasteiger partial charge is 0.344 e. The molecule has 0 aliphatic carbocycles. The zero-order valence-electron chi connectivity index (χ0n) is 17.1. The molecule has 0 saturated carbocycles. The fourth-order valence-electron chi connectivity index (χ4n) is 3.08. The number of amides is 3. The summed E-state index contributed by atoms with van der Waals surface area (Å²) in [5.41, 5.74) is 0.528. The van der Waals surface area contributed by atoms with Gasteiger partial charge >= 0.3 is 5.97 Å². The Labute approximate surface area is 184 Å². The number of para-hydroxylation sites is 1. The topological polar surface area (TPSA) is 111 Å². The van der Waals surface area contributed by atoms with Crippen LogP contribution in [0.1, 0.15) is 25.3 Å². The SMILES string of the molecule is CCOC(=O)COc1ccccc1/C=C1\SC(=O)N(CC(=O)NC[C@H]2CCCO2)C1=O. The van der Waals surface area contributed by atoms with Gasteiger partial charge in [0.25, 0.3) is 11.1 Å². The summed E-state index contributed by atoms with van der Waals surface area (Å²) in [7, 11) is 0. The third-order valence-corrected chi connectivity index (χ3v) is 5.49. The van der Waals surface area contributed by atoms with E-state index in [2.05, 4.69) is 5.32 Å². The van der Waals surface area contributed by atoms with Gasteiger partial charge in [0.1, 0.15) is 12.3 Å². The highest BCUT2D eigenvalue weighted by molar-refractivity contribution is 8.18. The summed E-state index contributed by atoms with van der Waals surface area (Å²) in [6, 6.07) is 6.81. The van der Waals surface area contributed by atoms with E-state index in [0.29, 0.717) is 24.5 Å². The minimum Gasteiger partial charge on any atom is -0.481 e. The van der Waals surface area contributed by atoms with Gasteiger partial charge in [-0.15, -0.1) is 0 Å². The predicted molar refractivity (Wildman–Crippen MR) is 113 cm³/mol. The summed E-state index contributed by atoms with van der Waals surface area (Å²) in [5, 5.41) is 2.18. The second-order valence-corrected chi connectivity index (χ2v) is 7.83. The van der Waals surface area contributed by atoms with E-state index in [0.717, 1.165) is 29.5 Å². The van der Waals surface area contributed by atoms with Gasteiger partial charge in [-0.2, -0.15) is 0 Å². The van der Waals surface area contributed by atoms with Crippen molar-refractivity contribution in [2.75, 3.05) is 32.9 Å². The summed E-state index contributed by atoms with van der Waals surface area (Å²) in [6.45, 7) is 2.36. The van der Waals surface area contributed by atoms with Crippen LogP contribution in [-0.4, -0.2) is 66.9 Å². The molecule has 10 heteroatoms. The van der Waals surface area contributed by atoms with E-state index in [1.54, 1.807) is 31.2 Å². The summed E-state index contributed by atoms with van der Waals surface area (Å²) < 4.78 is 15.8. The number of nitrogens with one attached hydrogen (secondary N) is 1. The third kappa shape index (κ3) is 6.31. The van der Waals surface area contributed by atoms with E-state index in [1.165, 1.54) is 6.08 Å². The number of nitrogens with zero attached hydrogens (tertiary/aromatic N) is 1. The molecule has 2 aliphatic rings. The van der Waals surface area contributed by atoms with Crippen LogP contribution in [0.25, 0.3) is 6.08 Å². The first-order valence-corrected chi connectivity index (χ1v) is 10.8. The second-order valence-electron chi connectivity index (χ2n) is 6.84. The highest BCUT2D eigenvalue weighted by Crippen LogP contribution is 2.33. The quantitative estimate of drug-likeness (QED) is 0.451. The van der Waals surface area contributed by atoms with E-state index in [-0.39, 0.29) is 30.8 Å². The monoisotopic (exact) mass is 448 g/mol. The second kappa shape index (κ2) is 11.0. The van der Waals surface area contributed by atoms with Crippen LogP contribution >= 0.6 is 11.8 Å². The summed E-state index contributed by atoms with van der Waals surface area (Å²) in [6.07, 6.45) is 3.32. The Balaban J connectivity index is 1.62. The molecule has 2 fully saturated rings. The van der Waals surface area contributed by atoms with Crippen molar-refractivity contribution < 1.29 is 33.4 Å². The molecule has 2 aliphatic heterocycles. The molecular formula is C21H24N2O7S. The Kier molecular flexibility index (Phi) is 8.07. The number of carbonyl (C=O) groups is 4. The average Bonchev–Trinajstić information content (AvgIpc) is 3.36. The van der Waals surface area contributed by atoms with Crippen LogP contribution in [0, 0.1) is 0 Å². The van der Waals surface area contributed by atoms with Crippen molar-refractivity contribution in [1.29, 1.82) is 0 Å². The van der Waals surface area contributed by atoms with Crippen LogP contribution < -0.4 is 10.1 Å². The fourth-order valence-corrected chi connectivity index (χ4v) is 3.91. The molecule has 3 amide bonds. The minimum absolute atomic E-state index is 0.0233. The lowest BCUT2D eigenvalue weighted by atomic mass is 10.2. The average molecular weight is 448 g/mol. The van der Waals surface area contributed by atoms with Gasteiger partial charge in [0.15, 0.2) is 6.61 Å². The van der Waals surface area contributed by atoms with Crippen LogP contribution in [0.4, 0.5) is 4.79 Å². The molecule has 2 saturated heterocycles. The normalized spacial score (nSPS) is 19.7. The highest BCUT2D eigenvalue weighted by Gasteiger charge is 2.36. The number of rotatable bonds is 9. The molecule has 2 heterocycles. The third-order valence-electron chi connectivity index (χ3n) is 4.58. The van der Waals surface area contributed by atoms with E-state index in [9.17, 15) is 19.2 Å². The number of benzene rings is 1. The Hall–Kier alpha value is -2.85. The number of hydrogen-bond acceptors (Lipinski definition) is 8. The Morgan fingerprint density at radius 1 is 1.32 bits per heavy atom. The molecular weight excluding hydrogens is 424 g/mol. The summed E-state index contributed by atoms with van der Waals surface area (Å²) in [5.74, 6) is -1.11. The molecule has 31 heavy (non-hydrogen) atoms. The van der Waals surface area contributed by atoms with E-state index < -0.39 is 23.0 Å². The van der Waals surface area contributed by atoms with Gasteiger partial charge in [0.05, 0.1) is 17.6 Å². The fraction of sp³-hybridized carbons (Fsp3) is 0.429. The lowest BCUT2D eigenvalue weighted by molar-refractivity contribution is -0.145. The first-order chi connectivity index (χ1) is 15.0. The first-order valence-electron chi connectivity index (χ1n) is 9.99. The molecule has 166 valence electrons. The molecule has 0 aromatic heterocycles. The van der Waals surface area contributed by atoms with Crippen molar-refractivity contribution in [1.82, 2.24) is 10.2 Å². The number of thioether (sulfide) groups is 1. The minimum atomic E-state index is -0.553. The van der Waals surface area contributed by atoms with Gasteiger partial charge in [0.2, 0.25) is 5.91 Å². The molecule has 0 radical (unpaired) electrons. The van der Waals surface area contributed by atoms with Gasteiger partial charge in [-0.05, 0) is 43.7 Å². The lowest BCUT2D eigenvalue weighted by Crippen LogP contribution is -2.41. The van der Waals surface area contributed by atoms with Gasteiger partial charge in [-0.3, -0.25) is 19.3 Å². The maximum Gasteiger partial charge on any atom is 0.344 e. The van der Waals surface area contributed by atoms with E-state index in [1.807, 2.05) is 0 Å². The van der Waals surface area contributed by atoms with Crippen molar-refractivity contribution in [3.05, 3.63) is 34.7 Å². The molecule has 0 spiro atoms. The first kappa shape index (κ1) is 22.8. The molecule has 1 atom stereocenters. The molecule has 0 bridgehead atoms. The summed E-state index contributed by atoms with van der Waals surface area (Å²) >= 11 is 0.750. The zero-order valence-corrected chi connectivity index (χ0v) is 17.9. The van der Waals surface area contributed by atoms with Gasteiger partial charge in [-0.25, -0.2) is 4.79 Å². The van der Waals surface area contributed by atoms with Crippen molar-refractivity contribution in [2.24, 2.45) is 0 Å². The maximum atomic E-state index is 12.7. The van der Waals surface area contributed by atoms with Crippen molar-refractivity contribution >= 4 is 40.9 Å². The molecule has 0 unspecified atom stereocenters. The Bertz CT molecular complexity index is 880. The van der Waals surface area contributed by atoms with Gasteiger partial charge in [-0.1, -0.05) is 18.2 Å². The zero-order chi connectivity index (χ0) is 22.2. The summed E-state index contributed by atoms with van der Waals surface area (Å²) in [4.78, 5) is 49.7. The standard InChI is InChI=1S/C21H24N2O7S/c1-2-28-19(25)13-30-16-8-4-3-6-14(16)10-17-20(26)23(21(27)31-17)12-18(24)22-11-15-7-5-9-29-15/h3-4,6,8,10,15H,2,5,7,9,11-13H2,1H3,(H,22,24)/b17-10-/t15-/m1/s1.